The summed E-state index contributed by atoms with van der Waals surface area (Å²) >= 11 is 11.4. The molecule has 2 unspecified atom stereocenters. The maximum atomic E-state index is 10.8. The van der Waals surface area contributed by atoms with Crippen molar-refractivity contribution in [1.82, 2.24) is 0 Å². The van der Waals surface area contributed by atoms with Gasteiger partial charge in [0.2, 0.25) is 0 Å². The summed E-state index contributed by atoms with van der Waals surface area (Å²) in [5, 5.41) is 17.5. The summed E-state index contributed by atoms with van der Waals surface area (Å²) in [6, 6.07) is 0. The molecule has 2 atom stereocenters. The zero-order valence-electron chi connectivity index (χ0n) is 7.88. The lowest BCUT2D eigenvalue weighted by atomic mass is 9.92. The summed E-state index contributed by atoms with van der Waals surface area (Å²) < 4.78 is 0. The lowest BCUT2D eigenvalue weighted by molar-refractivity contribution is -0.143. The van der Waals surface area contributed by atoms with Crippen LogP contribution in [-0.4, -0.2) is 31.9 Å². The molecule has 0 aromatic heterocycles. The third-order valence-electron chi connectivity index (χ3n) is 2.00. The normalized spacial score (nSPS) is 19.4. The van der Waals surface area contributed by atoms with Gasteiger partial charge in [0.05, 0.1) is 0 Å². The SMILES string of the molecule is CCC(Cl)(CC(C)(Cl)C(=O)O)C(=O)O. The first-order valence-corrected chi connectivity index (χ1v) is 4.76. The average molecular weight is 243 g/mol. The minimum absolute atomic E-state index is 0.111. The Morgan fingerprint density at radius 1 is 1.21 bits per heavy atom. The summed E-state index contributed by atoms with van der Waals surface area (Å²) in [7, 11) is 0. The largest absolute Gasteiger partial charge is 0.480 e. The van der Waals surface area contributed by atoms with Gasteiger partial charge in [0.25, 0.3) is 0 Å². The Hall–Kier alpha value is -0.480. The van der Waals surface area contributed by atoms with E-state index in [0.717, 1.165) is 0 Å². The van der Waals surface area contributed by atoms with Gasteiger partial charge in [-0.15, -0.1) is 23.2 Å². The van der Waals surface area contributed by atoms with Gasteiger partial charge in [-0.3, -0.25) is 9.59 Å². The van der Waals surface area contributed by atoms with E-state index < -0.39 is 21.7 Å². The molecule has 0 amide bonds. The van der Waals surface area contributed by atoms with Crippen molar-refractivity contribution in [2.45, 2.75) is 36.4 Å². The number of rotatable bonds is 5. The standard InChI is InChI=1S/C8H12Cl2O4/c1-3-8(10,6(13)14)4-7(2,9)5(11)12/h3-4H2,1-2H3,(H,11,12)(H,13,14). The highest BCUT2D eigenvalue weighted by Crippen LogP contribution is 2.34. The van der Waals surface area contributed by atoms with Crippen molar-refractivity contribution < 1.29 is 19.8 Å². The molecule has 14 heavy (non-hydrogen) atoms. The highest BCUT2D eigenvalue weighted by atomic mass is 35.5. The van der Waals surface area contributed by atoms with E-state index in [4.69, 9.17) is 33.4 Å². The maximum Gasteiger partial charge on any atom is 0.324 e. The van der Waals surface area contributed by atoms with Crippen LogP contribution in [-0.2, 0) is 9.59 Å². The Bertz CT molecular complexity index is 252. The summed E-state index contributed by atoms with van der Waals surface area (Å²) in [6.45, 7) is 2.79. The summed E-state index contributed by atoms with van der Waals surface area (Å²) in [4.78, 5) is 18.2. The molecule has 0 radical (unpaired) electrons. The lowest BCUT2D eigenvalue weighted by Crippen LogP contribution is -2.42. The number of hydrogen-bond donors (Lipinski definition) is 2. The smallest absolute Gasteiger partial charge is 0.324 e. The topological polar surface area (TPSA) is 74.6 Å². The summed E-state index contributed by atoms with van der Waals surface area (Å²) in [6.07, 6.45) is -0.218. The summed E-state index contributed by atoms with van der Waals surface area (Å²) in [5.41, 5.74) is 0. The molecule has 0 aromatic rings. The van der Waals surface area contributed by atoms with E-state index in [0.29, 0.717) is 0 Å². The van der Waals surface area contributed by atoms with E-state index in [2.05, 4.69) is 0 Å². The van der Waals surface area contributed by atoms with Crippen molar-refractivity contribution in [1.29, 1.82) is 0 Å². The fourth-order valence-electron chi connectivity index (χ4n) is 0.954. The highest BCUT2D eigenvalue weighted by molar-refractivity contribution is 6.37. The fraction of sp³-hybridized carbons (Fsp3) is 0.750. The molecule has 0 aliphatic carbocycles. The predicted octanol–water partition coefficient (Wildman–Crippen LogP) is 1.93. The Kier molecular flexibility index (Phi) is 4.21. The molecule has 4 nitrogen and oxygen atoms in total. The number of halogens is 2. The molecule has 0 aliphatic heterocycles. The number of alkyl halides is 2. The molecule has 0 saturated carbocycles. The lowest BCUT2D eigenvalue weighted by Gasteiger charge is -2.27. The monoisotopic (exact) mass is 242 g/mol. The molecular weight excluding hydrogens is 231 g/mol. The molecular formula is C8H12Cl2O4. The van der Waals surface area contributed by atoms with E-state index in [-0.39, 0.29) is 12.8 Å². The molecule has 0 saturated heterocycles. The van der Waals surface area contributed by atoms with E-state index in [1.54, 1.807) is 6.92 Å². The number of carboxylic acids is 2. The molecule has 82 valence electrons. The van der Waals surface area contributed by atoms with Gasteiger partial charge in [0, 0.05) is 6.42 Å². The van der Waals surface area contributed by atoms with Crippen LogP contribution in [0.1, 0.15) is 26.7 Å². The van der Waals surface area contributed by atoms with Gasteiger partial charge in [0.15, 0.2) is 0 Å². The van der Waals surface area contributed by atoms with Gasteiger partial charge >= 0.3 is 11.9 Å². The third-order valence-corrected chi connectivity index (χ3v) is 2.86. The number of carbonyl (C=O) groups is 2. The van der Waals surface area contributed by atoms with Gasteiger partial charge in [-0.25, -0.2) is 0 Å². The van der Waals surface area contributed by atoms with Crippen LogP contribution < -0.4 is 0 Å². The second kappa shape index (κ2) is 4.36. The van der Waals surface area contributed by atoms with Crippen LogP contribution in [0, 0.1) is 0 Å². The molecule has 0 bridgehead atoms. The quantitative estimate of drug-likeness (QED) is 0.723. The zero-order chi connectivity index (χ0) is 11.6. The first kappa shape index (κ1) is 13.5. The Labute approximate surface area is 91.8 Å². The molecule has 2 N–H and O–H groups in total. The van der Waals surface area contributed by atoms with Gasteiger partial charge in [-0.2, -0.15) is 0 Å². The zero-order valence-corrected chi connectivity index (χ0v) is 9.39. The van der Waals surface area contributed by atoms with E-state index in [1.165, 1.54) is 6.92 Å². The number of carboxylic acid groups (broad SMARTS) is 2. The third kappa shape index (κ3) is 3.03. The second-order valence-electron chi connectivity index (χ2n) is 3.30. The van der Waals surface area contributed by atoms with Gasteiger partial charge < -0.3 is 10.2 Å². The van der Waals surface area contributed by atoms with Crippen molar-refractivity contribution in [3.8, 4) is 0 Å². The van der Waals surface area contributed by atoms with Gasteiger partial charge in [0.1, 0.15) is 9.75 Å². The Morgan fingerprint density at radius 3 is 1.86 bits per heavy atom. The minimum atomic E-state index is -1.66. The van der Waals surface area contributed by atoms with Gasteiger partial charge in [-0.1, -0.05) is 6.92 Å². The molecule has 0 aliphatic rings. The average Bonchev–Trinajstić information content (AvgIpc) is 2.02. The van der Waals surface area contributed by atoms with Crippen molar-refractivity contribution in [3.05, 3.63) is 0 Å². The fourth-order valence-corrected chi connectivity index (χ4v) is 1.52. The summed E-state index contributed by atoms with van der Waals surface area (Å²) in [5.74, 6) is -2.53. The van der Waals surface area contributed by atoms with Crippen LogP contribution in [0.15, 0.2) is 0 Å². The van der Waals surface area contributed by atoms with E-state index in [9.17, 15) is 9.59 Å². The second-order valence-corrected chi connectivity index (χ2v) is 4.86. The van der Waals surface area contributed by atoms with E-state index >= 15 is 0 Å². The molecule has 0 fully saturated rings. The molecule has 6 heteroatoms. The van der Waals surface area contributed by atoms with Crippen LogP contribution in [0.5, 0.6) is 0 Å². The van der Waals surface area contributed by atoms with Crippen LogP contribution in [0.3, 0.4) is 0 Å². The Morgan fingerprint density at radius 2 is 1.64 bits per heavy atom. The van der Waals surface area contributed by atoms with Crippen LogP contribution >= 0.6 is 23.2 Å². The van der Waals surface area contributed by atoms with Gasteiger partial charge in [-0.05, 0) is 13.3 Å². The van der Waals surface area contributed by atoms with Crippen molar-refractivity contribution in [3.63, 3.8) is 0 Å². The minimum Gasteiger partial charge on any atom is -0.480 e. The van der Waals surface area contributed by atoms with Crippen molar-refractivity contribution in [2.24, 2.45) is 0 Å². The first-order chi connectivity index (χ1) is 6.15. The highest BCUT2D eigenvalue weighted by Gasteiger charge is 2.44. The Balaban J connectivity index is 4.79. The van der Waals surface area contributed by atoms with E-state index in [1.807, 2.05) is 0 Å². The predicted molar refractivity (Wildman–Crippen MR) is 53.0 cm³/mol. The van der Waals surface area contributed by atoms with Crippen molar-refractivity contribution in [2.75, 3.05) is 0 Å². The maximum absolute atomic E-state index is 10.8. The number of aliphatic carboxylic acids is 2. The molecule has 0 rings (SSSR count). The van der Waals surface area contributed by atoms with Crippen LogP contribution in [0.2, 0.25) is 0 Å². The van der Waals surface area contributed by atoms with Crippen LogP contribution in [0.25, 0.3) is 0 Å². The molecule has 0 spiro atoms. The van der Waals surface area contributed by atoms with Crippen molar-refractivity contribution >= 4 is 35.1 Å². The number of hydrogen-bond acceptors (Lipinski definition) is 2. The van der Waals surface area contributed by atoms with Crippen LogP contribution in [0.4, 0.5) is 0 Å². The molecule has 0 heterocycles. The first-order valence-electron chi connectivity index (χ1n) is 4.00. The molecule has 0 aromatic carbocycles.